The van der Waals surface area contributed by atoms with Gasteiger partial charge in [-0.2, -0.15) is 0 Å². The normalized spacial score (nSPS) is 17.5. The molecule has 0 saturated carbocycles. The SMILES string of the molecule is CCCC(=O)Nc1ccc(CNC(=O)C2CCCN2)cc1. The molecule has 5 heteroatoms. The van der Waals surface area contributed by atoms with E-state index in [9.17, 15) is 9.59 Å². The Labute approximate surface area is 125 Å². The van der Waals surface area contributed by atoms with Gasteiger partial charge in [0, 0.05) is 18.7 Å². The molecular weight excluding hydrogens is 266 g/mol. The summed E-state index contributed by atoms with van der Waals surface area (Å²) in [6.45, 7) is 3.41. The molecule has 5 nitrogen and oxygen atoms in total. The first-order chi connectivity index (χ1) is 10.2. The minimum Gasteiger partial charge on any atom is -0.351 e. The zero-order valence-electron chi connectivity index (χ0n) is 12.4. The summed E-state index contributed by atoms with van der Waals surface area (Å²) >= 11 is 0. The first-order valence-electron chi connectivity index (χ1n) is 7.59. The van der Waals surface area contributed by atoms with Gasteiger partial charge in [-0.1, -0.05) is 19.1 Å². The standard InChI is InChI=1S/C16H23N3O2/c1-2-4-15(20)19-13-8-6-12(7-9-13)11-18-16(21)14-5-3-10-17-14/h6-9,14,17H,2-5,10-11H2,1H3,(H,18,21)(H,19,20). The highest BCUT2D eigenvalue weighted by Crippen LogP contribution is 2.11. The van der Waals surface area contributed by atoms with Crippen molar-refractivity contribution in [3.05, 3.63) is 29.8 Å². The average molecular weight is 289 g/mol. The van der Waals surface area contributed by atoms with Crippen LogP contribution < -0.4 is 16.0 Å². The first kappa shape index (κ1) is 15.5. The third-order valence-electron chi connectivity index (χ3n) is 3.56. The van der Waals surface area contributed by atoms with Crippen molar-refractivity contribution in [3.8, 4) is 0 Å². The maximum atomic E-state index is 11.9. The fraction of sp³-hybridized carbons (Fsp3) is 0.500. The van der Waals surface area contributed by atoms with Crippen molar-refractivity contribution in [2.45, 2.75) is 45.2 Å². The van der Waals surface area contributed by atoms with Gasteiger partial charge in [-0.15, -0.1) is 0 Å². The topological polar surface area (TPSA) is 70.2 Å². The molecule has 0 radical (unpaired) electrons. The van der Waals surface area contributed by atoms with E-state index in [-0.39, 0.29) is 17.9 Å². The quantitative estimate of drug-likeness (QED) is 0.748. The molecule has 1 saturated heterocycles. The molecule has 0 bridgehead atoms. The molecule has 2 rings (SSSR count). The van der Waals surface area contributed by atoms with E-state index in [0.717, 1.165) is 37.1 Å². The van der Waals surface area contributed by atoms with Gasteiger partial charge in [0.2, 0.25) is 11.8 Å². The van der Waals surface area contributed by atoms with Crippen LogP contribution in [0.1, 0.15) is 38.2 Å². The van der Waals surface area contributed by atoms with Gasteiger partial charge in [-0.3, -0.25) is 9.59 Å². The second-order valence-electron chi connectivity index (χ2n) is 5.36. The molecule has 0 aliphatic carbocycles. The highest BCUT2D eigenvalue weighted by molar-refractivity contribution is 5.90. The second kappa shape index (κ2) is 7.78. The molecule has 0 aromatic heterocycles. The molecule has 1 fully saturated rings. The highest BCUT2D eigenvalue weighted by Gasteiger charge is 2.21. The van der Waals surface area contributed by atoms with Gasteiger partial charge < -0.3 is 16.0 Å². The van der Waals surface area contributed by atoms with Crippen molar-refractivity contribution in [1.82, 2.24) is 10.6 Å². The van der Waals surface area contributed by atoms with E-state index in [1.165, 1.54) is 0 Å². The van der Waals surface area contributed by atoms with E-state index in [2.05, 4.69) is 16.0 Å². The smallest absolute Gasteiger partial charge is 0.237 e. The van der Waals surface area contributed by atoms with E-state index in [0.29, 0.717) is 13.0 Å². The third kappa shape index (κ3) is 4.86. The third-order valence-corrected chi connectivity index (χ3v) is 3.56. The zero-order valence-corrected chi connectivity index (χ0v) is 12.4. The van der Waals surface area contributed by atoms with Crippen LogP contribution in [0, 0.1) is 0 Å². The molecule has 1 unspecified atom stereocenters. The van der Waals surface area contributed by atoms with Crippen molar-refractivity contribution >= 4 is 17.5 Å². The zero-order chi connectivity index (χ0) is 15.1. The molecule has 2 amide bonds. The van der Waals surface area contributed by atoms with Crippen LogP contribution in [0.25, 0.3) is 0 Å². The van der Waals surface area contributed by atoms with Crippen molar-refractivity contribution in [2.24, 2.45) is 0 Å². The summed E-state index contributed by atoms with van der Waals surface area (Å²) in [6, 6.07) is 7.53. The van der Waals surface area contributed by atoms with Crippen LogP contribution in [0.15, 0.2) is 24.3 Å². The number of benzene rings is 1. The Morgan fingerprint density at radius 1 is 1.29 bits per heavy atom. The lowest BCUT2D eigenvalue weighted by atomic mass is 10.2. The number of anilines is 1. The number of nitrogens with one attached hydrogen (secondary N) is 3. The summed E-state index contributed by atoms with van der Waals surface area (Å²) in [7, 11) is 0. The highest BCUT2D eigenvalue weighted by atomic mass is 16.2. The maximum absolute atomic E-state index is 11.9. The number of carbonyl (C=O) groups excluding carboxylic acids is 2. The minimum atomic E-state index is -0.0439. The summed E-state index contributed by atoms with van der Waals surface area (Å²) in [5.74, 6) is 0.0960. The summed E-state index contributed by atoms with van der Waals surface area (Å²) in [5.41, 5.74) is 1.82. The monoisotopic (exact) mass is 289 g/mol. The van der Waals surface area contributed by atoms with Crippen LogP contribution in [0.4, 0.5) is 5.69 Å². The van der Waals surface area contributed by atoms with Gasteiger partial charge in [-0.25, -0.2) is 0 Å². The van der Waals surface area contributed by atoms with Gasteiger partial charge in [-0.05, 0) is 43.5 Å². The van der Waals surface area contributed by atoms with Crippen LogP contribution >= 0.6 is 0 Å². The number of hydrogen-bond acceptors (Lipinski definition) is 3. The van der Waals surface area contributed by atoms with E-state index in [4.69, 9.17) is 0 Å². The molecule has 1 aliphatic rings. The van der Waals surface area contributed by atoms with Gasteiger partial charge in [0.1, 0.15) is 0 Å². The Morgan fingerprint density at radius 2 is 2.05 bits per heavy atom. The number of rotatable bonds is 6. The fourth-order valence-electron chi connectivity index (χ4n) is 2.38. The predicted octanol–water partition coefficient (Wildman–Crippen LogP) is 1.79. The van der Waals surface area contributed by atoms with Gasteiger partial charge in [0.05, 0.1) is 6.04 Å². The lowest BCUT2D eigenvalue weighted by Gasteiger charge is -2.11. The lowest BCUT2D eigenvalue weighted by Crippen LogP contribution is -2.39. The Morgan fingerprint density at radius 3 is 2.67 bits per heavy atom. The number of amides is 2. The van der Waals surface area contributed by atoms with Crippen LogP contribution in [-0.4, -0.2) is 24.4 Å². The molecule has 1 atom stereocenters. The van der Waals surface area contributed by atoms with Crippen LogP contribution in [-0.2, 0) is 16.1 Å². The largest absolute Gasteiger partial charge is 0.351 e. The van der Waals surface area contributed by atoms with E-state index in [1.54, 1.807) is 0 Å². The Bertz CT molecular complexity index is 479. The Hall–Kier alpha value is -1.88. The van der Waals surface area contributed by atoms with E-state index in [1.807, 2.05) is 31.2 Å². The average Bonchev–Trinajstić information content (AvgIpc) is 3.01. The molecule has 3 N–H and O–H groups in total. The van der Waals surface area contributed by atoms with Gasteiger partial charge >= 0.3 is 0 Å². The van der Waals surface area contributed by atoms with Crippen LogP contribution in [0.2, 0.25) is 0 Å². The van der Waals surface area contributed by atoms with E-state index < -0.39 is 0 Å². The van der Waals surface area contributed by atoms with Crippen LogP contribution in [0.3, 0.4) is 0 Å². The molecule has 1 aromatic rings. The summed E-state index contributed by atoms with van der Waals surface area (Å²) in [5, 5.41) is 8.95. The molecule has 0 spiro atoms. The molecular formula is C16H23N3O2. The van der Waals surface area contributed by atoms with Crippen molar-refractivity contribution < 1.29 is 9.59 Å². The Kier molecular flexibility index (Phi) is 5.75. The molecule has 1 aromatic carbocycles. The fourth-order valence-corrected chi connectivity index (χ4v) is 2.38. The molecule has 1 aliphatic heterocycles. The van der Waals surface area contributed by atoms with Gasteiger partial charge in [0.15, 0.2) is 0 Å². The number of carbonyl (C=O) groups is 2. The Balaban J connectivity index is 1.79. The second-order valence-corrected chi connectivity index (χ2v) is 5.36. The van der Waals surface area contributed by atoms with E-state index >= 15 is 0 Å². The van der Waals surface area contributed by atoms with Gasteiger partial charge in [0.25, 0.3) is 0 Å². The van der Waals surface area contributed by atoms with Crippen molar-refractivity contribution in [3.63, 3.8) is 0 Å². The van der Waals surface area contributed by atoms with Crippen molar-refractivity contribution in [2.75, 3.05) is 11.9 Å². The minimum absolute atomic E-state index is 0.0332. The maximum Gasteiger partial charge on any atom is 0.237 e. The summed E-state index contributed by atoms with van der Waals surface area (Å²) < 4.78 is 0. The molecule has 114 valence electrons. The van der Waals surface area contributed by atoms with Crippen LogP contribution in [0.5, 0.6) is 0 Å². The molecule has 21 heavy (non-hydrogen) atoms. The number of hydrogen-bond donors (Lipinski definition) is 3. The molecule has 1 heterocycles. The summed E-state index contributed by atoms with van der Waals surface area (Å²) in [4.78, 5) is 23.4. The first-order valence-corrected chi connectivity index (χ1v) is 7.59. The predicted molar refractivity (Wildman–Crippen MR) is 82.9 cm³/mol. The summed E-state index contributed by atoms with van der Waals surface area (Å²) in [6.07, 6.45) is 3.34. The van der Waals surface area contributed by atoms with Crippen molar-refractivity contribution in [1.29, 1.82) is 0 Å². The lowest BCUT2D eigenvalue weighted by molar-refractivity contribution is -0.123.